The number of Topliss-reactive ketones (excluding diaryl/α,β-unsaturated/α-hetero) is 1. The molecule has 0 spiro atoms. The Balaban J connectivity index is 3.96. The van der Waals surface area contributed by atoms with Gasteiger partial charge in [-0.2, -0.15) is 0 Å². The SMILES string of the molecule is C/C=C(/SCC(C)=O)C(C)CNC. The van der Waals surface area contributed by atoms with Gasteiger partial charge in [0.1, 0.15) is 5.78 Å². The molecule has 13 heavy (non-hydrogen) atoms. The summed E-state index contributed by atoms with van der Waals surface area (Å²) in [6.45, 7) is 6.78. The van der Waals surface area contributed by atoms with E-state index in [9.17, 15) is 4.79 Å². The Bertz CT molecular complexity index is 189. The van der Waals surface area contributed by atoms with Crippen LogP contribution in [0, 0.1) is 5.92 Å². The zero-order valence-electron chi connectivity index (χ0n) is 8.89. The summed E-state index contributed by atoms with van der Waals surface area (Å²) in [5, 5.41) is 3.13. The molecule has 0 heterocycles. The Morgan fingerprint density at radius 1 is 1.62 bits per heavy atom. The van der Waals surface area contributed by atoms with Crippen molar-refractivity contribution in [3.05, 3.63) is 11.0 Å². The Morgan fingerprint density at radius 2 is 2.23 bits per heavy atom. The van der Waals surface area contributed by atoms with E-state index in [0.29, 0.717) is 11.7 Å². The molecule has 1 unspecified atom stereocenters. The first-order valence-electron chi connectivity index (χ1n) is 4.54. The fourth-order valence-electron chi connectivity index (χ4n) is 1.10. The Labute approximate surface area is 85.2 Å². The van der Waals surface area contributed by atoms with Crippen molar-refractivity contribution in [1.82, 2.24) is 5.32 Å². The van der Waals surface area contributed by atoms with Crippen molar-refractivity contribution in [2.75, 3.05) is 19.3 Å². The highest BCUT2D eigenvalue weighted by Crippen LogP contribution is 2.23. The summed E-state index contributed by atoms with van der Waals surface area (Å²) < 4.78 is 0. The van der Waals surface area contributed by atoms with Crippen molar-refractivity contribution < 1.29 is 4.79 Å². The van der Waals surface area contributed by atoms with E-state index in [1.165, 1.54) is 4.91 Å². The molecule has 0 radical (unpaired) electrons. The molecule has 3 heteroatoms. The van der Waals surface area contributed by atoms with Crippen molar-refractivity contribution in [1.29, 1.82) is 0 Å². The molecule has 2 nitrogen and oxygen atoms in total. The molecule has 0 rings (SSSR count). The maximum Gasteiger partial charge on any atom is 0.140 e. The molecule has 0 saturated carbocycles. The number of hydrogen-bond acceptors (Lipinski definition) is 3. The van der Waals surface area contributed by atoms with Gasteiger partial charge in [0, 0.05) is 6.54 Å². The number of nitrogens with one attached hydrogen (secondary N) is 1. The maximum absolute atomic E-state index is 10.8. The van der Waals surface area contributed by atoms with Gasteiger partial charge in [-0.05, 0) is 31.7 Å². The fraction of sp³-hybridized carbons (Fsp3) is 0.700. The van der Waals surface area contributed by atoms with Crippen LogP contribution in [0.4, 0.5) is 0 Å². The standard InChI is InChI=1S/C10H19NOS/c1-5-10(8(2)6-11-4)13-7-9(3)12/h5,8,11H,6-7H2,1-4H3/b10-5+. The van der Waals surface area contributed by atoms with E-state index in [1.807, 2.05) is 14.0 Å². The van der Waals surface area contributed by atoms with Crippen LogP contribution in [0.15, 0.2) is 11.0 Å². The average Bonchev–Trinajstić information content (AvgIpc) is 2.05. The van der Waals surface area contributed by atoms with Crippen LogP contribution in [-0.2, 0) is 4.79 Å². The van der Waals surface area contributed by atoms with Crippen molar-refractivity contribution >= 4 is 17.5 Å². The summed E-state index contributed by atoms with van der Waals surface area (Å²) >= 11 is 1.65. The molecule has 0 bridgehead atoms. The first-order valence-corrected chi connectivity index (χ1v) is 5.53. The van der Waals surface area contributed by atoms with Gasteiger partial charge in [0.05, 0.1) is 5.75 Å². The van der Waals surface area contributed by atoms with Crippen LogP contribution in [0.3, 0.4) is 0 Å². The predicted molar refractivity (Wildman–Crippen MR) is 60.0 cm³/mol. The van der Waals surface area contributed by atoms with Crippen molar-refractivity contribution in [2.24, 2.45) is 5.92 Å². The van der Waals surface area contributed by atoms with Gasteiger partial charge < -0.3 is 5.32 Å². The largest absolute Gasteiger partial charge is 0.319 e. The van der Waals surface area contributed by atoms with Crippen LogP contribution in [-0.4, -0.2) is 25.1 Å². The van der Waals surface area contributed by atoms with Gasteiger partial charge in [0.2, 0.25) is 0 Å². The minimum atomic E-state index is 0.237. The van der Waals surface area contributed by atoms with Crippen LogP contribution in [0.1, 0.15) is 20.8 Å². The average molecular weight is 201 g/mol. The van der Waals surface area contributed by atoms with Gasteiger partial charge in [-0.1, -0.05) is 13.0 Å². The van der Waals surface area contributed by atoms with E-state index in [4.69, 9.17) is 0 Å². The van der Waals surface area contributed by atoms with Gasteiger partial charge in [-0.25, -0.2) is 0 Å². The van der Waals surface area contributed by atoms with E-state index in [2.05, 4.69) is 18.3 Å². The Morgan fingerprint density at radius 3 is 2.62 bits per heavy atom. The molecule has 0 aliphatic rings. The number of rotatable bonds is 6. The quantitative estimate of drug-likeness (QED) is 0.713. The monoisotopic (exact) mass is 201 g/mol. The second-order valence-electron chi connectivity index (χ2n) is 3.14. The highest BCUT2D eigenvalue weighted by Gasteiger charge is 2.08. The molecule has 0 saturated heterocycles. The molecule has 0 aliphatic heterocycles. The first-order chi connectivity index (χ1) is 6.11. The summed E-state index contributed by atoms with van der Waals surface area (Å²) in [5.41, 5.74) is 0. The van der Waals surface area contributed by atoms with Gasteiger partial charge in [0.15, 0.2) is 0 Å². The number of carbonyl (C=O) groups excluding carboxylic acids is 1. The topological polar surface area (TPSA) is 29.1 Å². The highest BCUT2D eigenvalue weighted by atomic mass is 32.2. The zero-order chi connectivity index (χ0) is 10.3. The van der Waals surface area contributed by atoms with Crippen LogP contribution >= 0.6 is 11.8 Å². The minimum Gasteiger partial charge on any atom is -0.319 e. The molecule has 0 amide bonds. The first kappa shape index (κ1) is 12.7. The second kappa shape index (κ2) is 7.15. The number of ketones is 1. The lowest BCUT2D eigenvalue weighted by atomic mass is 10.1. The lowest BCUT2D eigenvalue weighted by Crippen LogP contribution is -2.17. The molecule has 0 aromatic heterocycles. The lowest BCUT2D eigenvalue weighted by molar-refractivity contribution is -0.114. The summed E-state index contributed by atoms with van der Waals surface area (Å²) in [6, 6.07) is 0. The minimum absolute atomic E-state index is 0.237. The van der Waals surface area contributed by atoms with Gasteiger partial charge in [-0.15, -0.1) is 11.8 Å². The van der Waals surface area contributed by atoms with E-state index in [0.717, 1.165) is 6.54 Å². The molecular formula is C10H19NOS. The second-order valence-corrected chi connectivity index (χ2v) is 4.19. The lowest BCUT2D eigenvalue weighted by Gasteiger charge is -2.13. The predicted octanol–water partition coefficient (Wildman–Crippen LogP) is 2.07. The van der Waals surface area contributed by atoms with Crippen LogP contribution in [0.2, 0.25) is 0 Å². The molecule has 76 valence electrons. The van der Waals surface area contributed by atoms with Gasteiger partial charge in [-0.3, -0.25) is 4.79 Å². The number of hydrogen-bond donors (Lipinski definition) is 1. The summed E-state index contributed by atoms with van der Waals surface area (Å²) in [5.74, 6) is 1.33. The maximum atomic E-state index is 10.8. The third-order valence-electron chi connectivity index (χ3n) is 1.72. The summed E-state index contributed by atoms with van der Waals surface area (Å²) in [7, 11) is 1.94. The van der Waals surface area contributed by atoms with Crippen molar-refractivity contribution in [3.8, 4) is 0 Å². The van der Waals surface area contributed by atoms with E-state index in [-0.39, 0.29) is 5.78 Å². The fourth-order valence-corrected chi connectivity index (χ4v) is 2.01. The Hall–Kier alpha value is -0.280. The highest BCUT2D eigenvalue weighted by molar-refractivity contribution is 8.03. The number of carbonyl (C=O) groups is 1. The van der Waals surface area contributed by atoms with Crippen LogP contribution < -0.4 is 5.32 Å². The summed E-state index contributed by atoms with van der Waals surface area (Å²) in [6.07, 6.45) is 2.09. The smallest absolute Gasteiger partial charge is 0.140 e. The van der Waals surface area contributed by atoms with E-state index < -0.39 is 0 Å². The molecule has 0 aromatic carbocycles. The molecule has 0 aliphatic carbocycles. The molecule has 1 atom stereocenters. The molecular weight excluding hydrogens is 182 g/mol. The molecule has 0 fully saturated rings. The van der Waals surface area contributed by atoms with E-state index >= 15 is 0 Å². The molecule has 1 N–H and O–H groups in total. The van der Waals surface area contributed by atoms with Gasteiger partial charge in [0.25, 0.3) is 0 Å². The molecule has 0 aromatic rings. The normalized spacial score (nSPS) is 14.3. The third-order valence-corrected chi connectivity index (χ3v) is 3.24. The zero-order valence-corrected chi connectivity index (χ0v) is 9.70. The number of thioether (sulfide) groups is 1. The van der Waals surface area contributed by atoms with E-state index in [1.54, 1.807) is 18.7 Å². The summed E-state index contributed by atoms with van der Waals surface area (Å²) in [4.78, 5) is 12.1. The van der Waals surface area contributed by atoms with Crippen molar-refractivity contribution in [3.63, 3.8) is 0 Å². The van der Waals surface area contributed by atoms with Crippen LogP contribution in [0.5, 0.6) is 0 Å². The third kappa shape index (κ3) is 5.88. The van der Waals surface area contributed by atoms with Crippen LogP contribution in [0.25, 0.3) is 0 Å². The van der Waals surface area contributed by atoms with Crippen molar-refractivity contribution in [2.45, 2.75) is 20.8 Å². The van der Waals surface area contributed by atoms with Gasteiger partial charge >= 0.3 is 0 Å². The number of allylic oxidation sites excluding steroid dienone is 1. The Kier molecular flexibility index (Phi) is 7.00.